The fraction of sp³-hybridized carbons (Fsp3) is 1.00. The van der Waals surface area contributed by atoms with Gasteiger partial charge in [0, 0.05) is 0 Å². The Balaban J connectivity index is 3.87. The van der Waals surface area contributed by atoms with Crippen molar-refractivity contribution in [1.82, 2.24) is 0 Å². The van der Waals surface area contributed by atoms with Gasteiger partial charge in [-0.15, -0.1) is 0 Å². The molecule has 0 saturated carbocycles. The number of aliphatic hydroxyl groups excluding tert-OH is 1. The zero-order valence-electron chi connectivity index (χ0n) is 7.51. The Morgan fingerprint density at radius 3 is 1.70 bits per heavy atom. The smallest absolute Gasteiger partial charge is 0.152 e. The van der Waals surface area contributed by atoms with E-state index < -0.39 is 6.29 Å². The van der Waals surface area contributed by atoms with Crippen molar-refractivity contribution in [2.75, 3.05) is 0 Å². The zero-order valence-corrected chi connectivity index (χ0v) is 7.51. The molecule has 0 heterocycles. The van der Waals surface area contributed by atoms with Crippen molar-refractivity contribution in [3.05, 3.63) is 0 Å². The number of rotatable bonds is 3. The Morgan fingerprint density at radius 2 is 1.60 bits per heavy atom. The summed E-state index contributed by atoms with van der Waals surface area (Å²) in [6, 6.07) is 0. The van der Waals surface area contributed by atoms with Crippen LogP contribution in [0.4, 0.5) is 0 Å². The van der Waals surface area contributed by atoms with Crippen LogP contribution in [0.1, 0.15) is 34.6 Å². The molecule has 0 aromatic heterocycles. The molecule has 0 rings (SSSR count). The molecule has 2 nitrogen and oxygen atoms in total. The molecule has 0 radical (unpaired) electrons. The van der Waals surface area contributed by atoms with E-state index in [1.807, 2.05) is 13.8 Å². The van der Waals surface area contributed by atoms with Crippen LogP contribution in [0, 0.1) is 5.92 Å². The average molecular weight is 146 g/mol. The summed E-state index contributed by atoms with van der Waals surface area (Å²) in [5, 5.41) is 8.91. The van der Waals surface area contributed by atoms with Gasteiger partial charge in [-0.2, -0.15) is 0 Å². The molecule has 10 heavy (non-hydrogen) atoms. The van der Waals surface area contributed by atoms with E-state index in [1.54, 1.807) is 6.92 Å². The molecular formula is C8H18O2. The summed E-state index contributed by atoms with van der Waals surface area (Å²) in [7, 11) is 0. The molecule has 0 saturated heterocycles. The van der Waals surface area contributed by atoms with Crippen molar-refractivity contribution in [1.29, 1.82) is 0 Å². The van der Waals surface area contributed by atoms with Gasteiger partial charge in [0.15, 0.2) is 6.29 Å². The Morgan fingerprint density at radius 1 is 1.20 bits per heavy atom. The summed E-state index contributed by atoms with van der Waals surface area (Å²) < 4.78 is 5.25. The van der Waals surface area contributed by atoms with Crippen LogP contribution in [0.2, 0.25) is 0 Å². The second-order valence-corrected chi connectivity index (χ2v) is 3.48. The van der Waals surface area contributed by atoms with Crippen LogP contribution in [0.3, 0.4) is 0 Å². The van der Waals surface area contributed by atoms with Gasteiger partial charge in [-0.25, -0.2) is 0 Å². The molecule has 0 bridgehead atoms. The van der Waals surface area contributed by atoms with E-state index in [-0.39, 0.29) is 5.60 Å². The molecule has 0 aromatic rings. The van der Waals surface area contributed by atoms with Crippen molar-refractivity contribution in [3.63, 3.8) is 0 Å². The van der Waals surface area contributed by atoms with E-state index in [0.717, 1.165) is 0 Å². The van der Waals surface area contributed by atoms with Crippen molar-refractivity contribution in [2.45, 2.75) is 46.5 Å². The van der Waals surface area contributed by atoms with Gasteiger partial charge in [-0.1, -0.05) is 13.8 Å². The molecule has 0 amide bonds. The standard InChI is InChI=1S/C8H18O2/c1-6(2)8(4,5)10-7(3)9/h6-7,9H,1-5H3. The molecule has 0 spiro atoms. The molecule has 2 heteroatoms. The number of hydrogen-bond acceptors (Lipinski definition) is 2. The van der Waals surface area contributed by atoms with Crippen molar-refractivity contribution >= 4 is 0 Å². The quantitative estimate of drug-likeness (QED) is 0.615. The molecule has 62 valence electrons. The van der Waals surface area contributed by atoms with Gasteiger partial charge in [-0.3, -0.25) is 0 Å². The lowest BCUT2D eigenvalue weighted by molar-refractivity contribution is -0.177. The van der Waals surface area contributed by atoms with Crippen LogP contribution < -0.4 is 0 Å². The molecule has 0 fully saturated rings. The normalized spacial score (nSPS) is 15.9. The van der Waals surface area contributed by atoms with Gasteiger partial charge >= 0.3 is 0 Å². The van der Waals surface area contributed by atoms with Gasteiger partial charge in [-0.05, 0) is 26.7 Å². The third kappa shape index (κ3) is 3.18. The second kappa shape index (κ2) is 3.35. The van der Waals surface area contributed by atoms with E-state index >= 15 is 0 Å². The predicted molar refractivity (Wildman–Crippen MR) is 41.7 cm³/mol. The molecule has 1 atom stereocenters. The van der Waals surface area contributed by atoms with Gasteiger partial charge in [0.25, 0.3) is 0 Å². The third-order valence-electron chi connectivity index (χ3n) is 1.86. The van der Waals surface area contributed by atoms with E-state index in [9.17, 15) is 0 Å². The van der Waals surface area contributed by atoms with E-state index in [2.05, 4.69) is 13.8 Å². The minimum Gasteiger partial charge on any atom is -0.368 e. The highest BCUT2D eigenvalue weighted by Crippen LogP contribution is 2.21. The molecular weight excluding hydrogens is 128 g/mol. The first-order valence-corrected chi connectivity index (χ1v) is 3.72. The Kier molecular flexibility index (Phi) is 3.33. The minimum absolute atomic E-state index is 0.228. The van der Waals surface area contributed by atoms with Crippen LogP contribution in [-0.4, -0.2) is 17.0 Å². The SMILES string of the molecule is CC(O)OC(C)(C)C(C)C. The Hall–Kier alpha value is -0.0800. The monoisotopic (exact) mass is 146 g/mol. The summed E-state index contributed by atoms with van der Waals surface area (Å²) in [6.07, 6.45) is -0.669. The van der Waals surface area contributed by atoms with Gasteiger partial charge < -0.3 is 9.84 Å². The zero-order chi connectivity index (χ0) is 8.36. The fourth-order valence-electron chi connectivity index (χ4n) is 0.576. The summed E-state index contributed by atoms with van der Waals surface area (Å²) >= 11 is 0. The molecule has 0 aliphatic rings. The largest absolute Gasteiger partial charge is 0.368 e. The summed E-state index contributed by atoms with van der Waals surface area (Å²) in [5.41, 5.74) is -0.228. The number of ether oxygens (including phenoxy) is 1. The lowest BCUT2D eigenvalue weighted by Crippen LogP contribution is -2.34. The first-order valence-electron chi connectivity index (χ1n) is 3.72. The first kappa shape index (κ1) is 9.92. The Labute approximate surface area is 63.2 Å². The molecule has 0 aromatic carbocycles. The van der Waals surface area contributed by atoms with E-state index in [4.69, 9.17) is 9.84 Å². The van der Waals surface area contributed by atoms with Crippen LogP contribution in [-0.2, 0) is 4.74 Å². The Bertz CT molecular complexity index is 95.4. The summed E-state index contributed by atoms with van der Waals surface area (Å²) in [6.45, 7) is 9.73. The van der Waals surface area contributed by atoms with E-state index in [0.29, 0.717) is 5.92 Å². The van der Waals surface area contributed by atoms with E-state index in [1.165, 1.54) is 0 Å². The fourth-order valence-corrected chi connectivity index (χ4v) is 0.576. The van der Waals surface area contributed by atoms with Gasteiger partial charge in [0.2, 0.25) is 0 Å². The molecule has 0 aliphatic carbocycles. The first-order chi connectivity index (χ1) is 4.36. The highest BCUT2D eigenvalue weighted by Gasteiger charge is 2.24. The van der Waals surface area contributed by atoms with Crippen molar-refractivity contribution < 1.29 is 9.84 Å². The third-order valence-corrected chi connectivity index (χ3v) is 1.86. The van der Waals surface area contributed by atoms with Gasteiger partial charge in [0.1, 0.15) is 0 Å². The number of hydrogen-bond donors (Lipinski definition) is 1. The summed E-state index contributed by atoms with van der Waals surface area (Å²) in [4.78, 5) is 0. The lowest BCUT2D eigenvalue weighted by atomic mass is 9.95. The van der Waals surface area contributed by atoms with Crippen LogP contribution >= 0.6 is 0 Å². The maximum atomic E-state index is 8.91. The van der Waals surface area contributed by atoms with Crippen LogP contribution in [0.5, 0.6) is 0 Å². The maximum absolute atomic E-state index is 8.91. The van der Waals surface area contributed by atoms with Crippen LogP contribution in [0.15, 0.2) is 0 Å². The van der Waals surface area contributed by atoms with Crippen molar-refractivity contribution in [2.24, 2.45) is 5.92 Å². The molecule has 1 N–H and O–H groups in total. The van der Waals surface area contributed by atoms with Gasteiger partial charge in [0.05, 0.1) is 5.60 Å². The highest BCUT2D eigenvalue weighted by atomic mass is 16.6. The van der Waals surface area contributed by atoms with Crippen LogP contribution in [0.25, 0.3) is 0 Å². The lowest BCUT2D eigenvalue weighted by Gasteiger charge is -2.30. The second-order valence-electron chi connectivity index (χ2n) is 3.48. The average Bonchev–Trinajstić information content (AvgIpc) is 1.60. The topological polar surface area (TPSA) is 29.5 Å². The predicted octanol–water partition coefficient (Wildman–Crippen LogP) is 1.78. The molecule has 0 aliphatic heterocycles. The summed E-state index contributed by atoms with van der Waals surface area (Å²) in [5.74, 6) is 0.419. The highest BCUT2D eigenvalue weighted by molar-refractivity contribution is 4.72. The maximum Gasteiger partial charge on any atom is 0.152 e. The number of aliphatic hydroxyl groups is 1. The van der Waals surface area contributed by atoms with Crippen molar-refractivity contribution in [3.8, 4) is 0 Å². The minimum atomic E-state index is -0.669. The molecule has 1 unspecified atom stereocenters.